The average Bonchev–Trinajstić information content (AvgIpc) is 2.43. The highest BCUT2D eigenvalue weighted by molar-refractivity contribution is 9.08. The summed E-state index contributed by atoms with van der Waals surface area (Å²) < 4.78 is 31.5. The molecule has 5 nitrogen and oxygen atoms in total. The predicted octanol–water partition coefficient (Wildman–Crippen LogP) is 1.26. The quantitative estimate of drug-likeness (QED) is 0.691. The summed E-state index contributed by atoms with van der Waals surface area (Å²) in [5.41, 5.74) is 0.997. The van der Waals surface area contributed by atoms with Gasteiger partial charge in [0.25, 0.3) is 0 Å². The monoisotopic (exact) mass is 351 g/mol. The van der Waals surface area contributed by atoms with Gasteiger partial charge in [-0.2, -0.15) is 0 Å². The summed E-state index contributed by atoms with van der Waals surface area (Å²) in [6, 6.07) is 6.03. The van der Waals surface area contributed by atoms with Gasteiger partial charge in [0.1, 0.15) is 0 Å². The second-order valence-electron chi connectivity index (χ2n) is 4.06. The van der Waals surface area contributed by atoms with E-state index in [-0.39, 0.29) is 11.5 Å². The Kier molecular flexibility index (Phi) is 6.95. The molecule has 0 aromatic heterocycles. The maximum atomic E-state index is 12.1. The van der Waals surface area contributed by atoms with Crippen LogP contribution < -0.4 is 4.72 Å². The van der Waals surface area contributed by atoms with E-state index in [1.165, 1.54) is 7.11 Å². The molecule has 1 aromatic rings. The number of benzene rings is 1. The average molecular weight is 352 g/mol. The van der Waals surface area contributed by atoms with Gasteiger partial charge < -0.3 is 9.84 Å². The molecule has 0 bridgehead atoms. The van der Waals surface area contributed by atoms with E-state index in [9.17, 15) is 8.42 Å². The number of aliphatic hydroxyl groups is 1. The van der Waals surface area contributed by atoms with Gasteiger partial charge in [0.2, 0.25) is 10.0 Å². The van der Waals surface area contributed by atoms with E-state index in [0.717, 1.165) is 5.56 Å². The van der Waals surface area contributed by atoms with Crippen LogP contribution in [0.4, 0.5) is 0 Å². The third-order valence-electron chi connectivity index (χ3n) is 2.60. The number of hydrogen-bond donors (Lipinski definition) is 2. The molecule has 0 aliphatic carbocycles. The zero-order valence-electron chi connectivity index (χ0n) is 10.7. The summed E-state index contributed by atoms with van der Waals surface area (Å²) in [5, 5.41) is 9.83. The first-order valence-corrected chi connectivity index (χ1v) is 8.41. The third-order valence-corrected chi connectivity index (χ3v) is 4.78. The Morgan fingerprint density at radius 1 is 1.37 bits per heavy atom. The van der Waals surface area contributed by atoms with Crippen molar-refractivity contribution in [3.63, 3.8) is 0 Å². The number of sulfonamides is 1. The SMILES string of the molecule is COCCC(CO)NS(=O)(=O)c1ccc(CBr)cc1. The van der Waals surface area contributed by atoms with E-state index in [1.54, 1.807) is 24.3 Å². The molecule has 0 fully saturated rings. The van der Waals surface area contributed by atoms with E-state index in [4.69, 9.17) is 9.84 Å². The maximum Gasteiger partial charge on any atom is 0.240 e. The summed E-state index contributed by atoms with van der Waals surface area (Å²) in [7, 11) is -2.08. The van der Waals surface area contributed by atoms with Crippen molar-refractivity contribution < 1.29 is 18.3 Å². The highest BCUT2D eigenvalue weighted by Gasteiger charge is 2.19. The number of ether oxygens (including phenoxy) is 1. The fourth-order valence-corrected chi connectivity index (χ4v) is 3.13. The summed E-state index contributed by atoms with van der Waals surface area (Å²) in [5.74, 6) is 0. The van der Waals surface area contributed by atoms with Crippen LogP contribution in [0.5, 0.6) is 0 Å². The van der Waals surface area contributed by atoms with Crippen LogP contribution in [0.3, 0.4) is 0 Å². The highest BCUT2D eigenvalue weighted by Crippen LogP contribution is 2.13. The lowest BCUT2D eigenvalue weighted by Gasteiger charge is -2.16. The zero-order valence-corrected chi connectivity index (χ0v) is 13.1. The van der Waals surface area contributed by atoms with Gasteiger partial charge in [0.15, 0.2) is 0 Å². The van der Waals surface area contributed by atoms with Crippen molar-refractivity contribution in [2.24, 2.45) is 0 Å². The molecule has 108 valence electrons. The molecular formula is C12H18BrNO4S. The lowest BCUT2D eigenvalue weighted by Crippen LogP contribution is -2.38. The Balaban J connectivity index is 2.78. The molecule has 1 rings (SSSR count). The van der Waals surface area contributed by atoms with Crippen molar-refractivity contribution in [1.82, 2.24) is 4.72 Å². The summed E-state index contributed by atoms with van der Waals surface area (Å²) >= 11 is 3.30. The van der Waals surface area contributed by atoms with E-state index in [2.05, 4.69) is 20.7 Å². The fourth-order valence-electron chi connectivity index (χ4n) is 1.49. The number of halogens is 1. The van der Waals surface area contributed by atoms with Crippen LogP contribution in [0, 0.1) is 0 Å². The Morgan fingerprint density at radius 2 is 2.00 bits per heavy atom. The lowest BCUT2D eigenvalue weighted by atomic mass is 10.2. The molecule has 19 heavy (non-hydrogen) atoms. The van der Waals surface area contributed by atoms with E-state index in [1.807, 2.05) is 0 Å². The van der Waals surface area contributed by atoms with Crippen LogP contribution in [0.2, 0.25) is 0 Å². The molecule has 1 unspecified atom stereocenters. The number of rotatable bonds is 8. The summed E-state index contributed by atoms with van der Waals surface area (Å²) in [6.07, 6.45) is 0.422. The van der Waals surface area contributed by atoms with E-state index < -0.39 is 16.1 Å². The Bertz CT molecular complexity index is 475. The molecule has 0 heterocycles. The minimum atomic E-state index is -3.61. The molecule has 1 aromatic carbocycles. The smallest absolute Gasteiger partial charge is 0.240 e. The number of alkyl halides is 1. The van der Waals surface area contributed by atoms with Gasteiger partial charge in [-0.3, -0.25) is 0 Å². The van der Waals surface area contributed by atoms with Crippen molar-refractivity contribution in [2.45, 2.75) is 22.7 Å². The molecule has 1 atom stereocenters. The molecule has 7 heteroatoms. The van der Waals surface area contributed by atoms with Crippen molar-refractivity contribution in [3.05, 3.63) is 29.8 Å². The molecule has 0 saturated heterocycles. The van der Waals surface area contributed by atoms with Crippen molar-refractivity contribution in [2.75, 3.05) is 20.3 Å². The van der Waals surface area contributed by atoms with Crippen LogP contribution in [-0.4, -0.2) is 39.9 Å². The van der Waals surface area contributed by atoms with Gasteiger partial charge in [-0.1, -0.05) is 28.1 Å². The molecule has 0 aliphatic heterocycles. The van der Waals surface area contributed by atoms with Crippen molar-refractivity contribution in [1.29, 1.82) is 0 Å². The summed E-state index contributed by atoms with van der Waals surface area (Å²) in [4.78, 5) is 0.188. The first kappa shape index (κ1) is 16.6. The normalized spacial score (nSPS) is 13.4. The maximum absolute atomic E-state index is 12.1. The molecular weight excluding hydrogens is 334 g/mol. The minimum absolute atomic E-state index is 0.188. The van der Waals surface area contributed by atoms with Crippen molar-refractivity contribution in [3.8, 4) is 0 Å². The lowest BCUT2D eigenvalue weighted by molar-refractivity contribution is 0.166. The molecule has 0 amide bonds. The fraction of sp³-hybridized carbons (Fsp3) is 0.500. The standard InChI is InChI=1S/C12H18BrNO4S/c1-18-7-6-11(9-15)14-19(16,17)12-4-2-10(8-13)3-5-12/h2-5,11,14-15H,6-9H2,1H3. The van der Waals surface area contributed by atoms with E-state index in [0.29, 0.717) is 18.4 Å². The Morgan fingerprint density at radius 3 is 2.47 bits per heavy atom. The molecule has 0 radical (unpaired) electrons. The van der Waals surface area contributed by atoms with Gasteiger partial charge in [-0.05, 0) is 24.1 Å². The number of nitrogens with one attached hydrogen (secondary N) is 1. The molecule has 0 spiro atoms. The zero-order chi connectivity index (χ0) is 14.3. The molecule has 0 saturated carbocycles. The Labute approximate surface area is 122 Å². The van der Waals surface area contributed by atoms with Gasteiger partial charge in [-0.15, -0.1) is 0 Å². The van der Waals surface area contributed by atoms with Crippen molar-refractivity contribution >= 4 is 26.0 Å². The molecule has 2 N–H and O–H groups in total. The second kappa shape index (κ2) is 7.96. The van der Waals surface area contributed by atoms with Crippen LogP contribution >= 0.6 is 15.9 Å². The molecule has 0 aliphatic rings. The largest absolute Gasteiger partial charge is 0.395 e. The minimum Gasteiger partial charge on any atom is -0.395 e. The highest BCUT2D eigenvalue weighted by atomic mass is 79.9. The second-order valence-corrected chi connectivity index (χ2v) is 6.33. The van der Waals surface area contributed by atoms with Crippen LogP contribution in [0.25, 0.3) is 0 Å². The Hall–Kier alpha value is -0.470. The number of methoxy groups -OCH3 is 1. The van der Waals surface area contributed by atoms with Crippen LogP contribution in [-0.2, 0) is 20.1 Å². The first-order chi connectivity index (χ1) is 9.03. The predicted molar refractivity (Wildman–Crippen MR) is 76.8 cm³/mol. The van der Waals surface area contributed by atoms with Gasteiger partial charge in [0, 0.05) is 25.1 Å². The van der Waals surface area contributed by atoms with Gasteiger partial charge in [-0.25, -0.2) is 13.1 Å². The first-order valence-electron chi connectivity index (χ1n) is 5.80. The number of hydrogen-bond acceptors (Lipinski definition) is 4. The third kappa shape index (κ3) is 5.19. The van der Waals surface area contributed by atoms with E-state index >= 15 is 0 Å². The topological polar surface area (TPSA) is 75.6 Å². The number of aliphatic hydroxyl groups excluding tert-OH is 1. The van der Waals surface area contributed by atoms with Crippen LogP contribution in [0.1, 0.15) is 12.0 Å². The van der Waals surface area contributed by atoms with Gasteiger partial charge in [0.05, 0.1) is 11.5 Å². The summed E-state index contributed by atoms with van der Waals surface area (Å²) in [6.45, 7) is 0.123. The van der Waals surface area contributed by atoms with Crippen LogP contribution in [0.15, 0.2) is 29.2 Å². The van der Waals surface area contributed by atoms with Gasteiger partial charge >= 0.3 is 0 Å².